The minimum Gasteiger partial charge on any atom is -0.494 e. The summed E-state index contributed by atoms with van der Waals surface area (Å²) in [6.07, 6.45) is -30.7. The predicted octanol–water partition coefficient (Wildman–Crippen LogP) is -6.74. The van der Waals surface area contributed by atoms with Gasteiger partial charge in [0.25, 0.3) is 5.91 Å². The van der Waals surface area contributed by atoms with Gasteiger partial charge in [-0.05, 0) is 57.7 Å². The van der Waals surface area contributed by atoms with Crippen LogP contribution in [0.25, 0.3) is 0 Å². The van der Waals surface area contributed by atoms with Crippen molar-refractivity contribution in [2.75, 3.05) is 46.2 Å². The normalized spacial score (nSPS) is 36.2. The number of ether oxygens (including phenoxy) is 12. The summed E-state index contributed by atoms with van der Waals surface area (Å²) in [4.78, 5) is 64.6. The van der Waals surface area contributed by atoms with Crippen molar-refractivity contribution < 1.29 is 152 Å². The van der Waals surface area contributed by atoms with E-state index in [9.17, 15) is 95.5 Å². The lowest BCUT2D eigenvalue weighted by Gasteiger charge is -2.51. The Kier molecular flexibility index (Phi) is 33.8. The summed E-state index contributed by atoms with van der Waals surface area (Å²) in [6, 6.07) is -2.21. The van der Waals surface area contributed by atoms with Crippen LogP contribution < -0.4 is 31.3 Å². The molecule has 1 aromatic carbocycles. The summed E-state index contributed by atoms with van der Waals surface area (Å²) in [6.45, 7) is 3.96. The number of unbranched alkanes of at least 4 members (excludes halogenated alkanes) is 5. The van der Waals surface area contributed by atoms with E-state index in [1.165, 1.54) is 38.8 Å². The molecule has 5 heterocycles. The number of carbonyl (C=O) groups is 5. The second kappa shape index (κ2) is 40.2. The third-order valence-electron chi connectivity index (χ3n) is 17.3. The number of carbonyl (C=O) groups excluding carboxylic acids is 5. The van der Waals surface area contributed by atoms with Crippen LogP contribution in [0.15, 0.2) is 36.4 Å². The van der Waals surface area contributed by atoms with E-state index in [-0.39, 0.29) is 5.56 Å². The molecule has 0 spiro atoms. The number of hydrogen-bond acceptors (Lipinski definition) is 31. The average molecular weight is 1430 g/mol. The van der Waals surface area contributed by atoms with Crippen LogP contribution in [0, 0.1) is 0 Å². The fraction of sp³-hybridized carbons (Fsp3) is 0.794. The molecule has 99 heavy (non-hydrogen) atoms. The average Bonchev–Trinajstić information content (AvgIpc) is 0.771. The Morgan fingerprint density at radius 1 is 0.545 bits per heavy atom. The Labute approximate surface area is 572 Å². The molecule has 0 bridgehead atoms. The molecular formula is C63H103N5O31. The van der Waals surface area contributed by atoms with Crippen LogP contribution in [-0.2, 0) is 71.3 Å². The van der Waals surface area contributed by atoms with Crippen LogP contribution in [0.3, 0.4) is 0 Å². The van der Waals surface area contributed by atoms with Gasteiger partial charge in [-0.2, -0.15) is 0 Å². The van der Waals surface area contributed by atoms with E-state index in [2.05, 4.69) is 45.7 Å². The molecule has 36 nitrogen and oxygen atoms in total. The highest BCUT2D eigenvalue weighted by Crippen LogP contribution is 2.36. The van der Waals surface area contributed by atoms with Crippen molar-refractivity contribution in [2.24, 2.45) is 0 Å². The number of rotatable bonds is 36. The second-order valence-corrected chi connectivity index (χ2v) is 25.1. The van der Waals surface area contributed by atoms with Gasteiger partial charge in [0.1, 0.15) is 134 Å². The summed E-state index contributed by atoms with van der Waals surface area (Å²) in [5, 5.41) is 167. The first kappa shape index (κ1) is 83.1. The van der Waals surface area contributed by atoms with Gasteiger partial charge in [-0.1, -0.05) is 44.4 Å². The second-order valence-electron chi connectivity index (χ2n) is 25.1. The fourth-order valence-electron chi connectivity index (χ4n) is 12.0. The van der Waals surface area contributed by atoms with E-state index in [0.29, 0.717) is 18.8 Å². The number of hydrogen-bond donors (Lipinski definition) is 19. The molecule has 0 radical (unpaired) electrons. The zero-order valence-electron chi connectivity index (χ0n) is 56.3. The van der Waals surface area contributed by atoms with Crippen LogP contribution in [0.4, 0.5) is 0 Å². The minimum absolute atomic E-state index is 0.0475. The summed E-state index contributed by atoms with van der Waals surface area (Å²) >= 11 is 0. The van der Waals surface area contributed by atoms with Crippen molar-refractivity contribution in [1.82, 2.24) is 26.6 Å². The van der Waals surface area contributed by atoms with Crippen molar-refractivity contribution in [3.8, 4) is 5.75 Å². The molecule has 5 saturated heterocycles. The molecule has 566 valence electrons. The van der Waals surface area contributed by atoms with Gasteiger partial charge in [0.05, 0.1) is 58.5 Å². The van der Waals surface area contributed by atoms with Gasteiger partial charge >= 0.3 is 0 Å². The third kappa shape index (κ3) is 22.8. The summed E-state index contributed by atoms with van der Waals surface area (Å²) in [5.41, 5.74) is 0.0475. The van der Waals surface area contributed by atoms with E-state index in [1.54, 1.807) is 12.1 Å². The molecule has 0 aliphatic carbocycles. The molecule has 14 unspecified atom stereocenters. The quantitative estimate of drug-likeness (QED) is 0.0169. The van der Waals surface area contributed by atoms with Crippen molar-refractivity contribution in [3.63, 3.8) is 0 Å². The van der Waals surface area contributed by atoms with Crippen molar-refractivity contribution >= 4 is 29.5 Å². The number of aliphatic hydroxyl groups is 14. The van der Waals surface area contributed by atoms with Crippen LogP contribution in [0.1, 0.15) is 104 Å². The number of allylic oxidation sites excluding steroid dienone is 2. The van der Waals surface area contributed by atoms with Gasteiger partial charge in [0.15, 0.2) is 37.7 Å². The monoisotopic (exact) mass is 1430 g/mol. The molecule has 1 aromatic rings. The summed E-state index contributed by atoms with van der Waals surface area (Å²) in [7, 11) is 0. The minimum atomic E-state index is -2.06. The highest BCUT2D eigenvalue weighted by atomic mass is 16.8. The SMILES string of the molecule is CCCCCC/C=C\CCCOc1cccc(C(=O)N[C@@H]2C(O[C@H]3C(O)C(NC(C)=O)[C@H](OC4C(CO)O[C@@H](O[C@H]5C(O)C(NC(C)=O)C(OC(C)C(CO[C@@H]6OC(C)C(O)[C@H](O)[C@H]6O)OC(O)[C@H](CO)NC(C)=O)O[C@H]5CO)[C@@H](NC(C)=O)[C@H]4O)O[C@H]3CO)OC(CO)[C@@H](O)[C@@H]2O)c1. The van der Waals surface area contributed by atoms with Crippen molar-refractivity contribution in [3.05, 3.63) is 42.0 Å². The molecule has 5 amide bonds. The lowest BCUT2D eigenvalue weighted by Crippen LogP contribution is -2.72. The molecule has 5 aliphatic heterocycles. The number of benzene rings is 1. The molecule has 0 saturated carbocycles. The first-order valence-electron chi connectivity index (χ1n) is 33.2. The number of aliphatic hydroxyl groups excluding tert-OH is 14. The molecule has 5 aliphatic rings. The molecule has 0 aromatic heterocycles. The Hall–Kier alpha value is -4.89. The molecule has 6 rings (SSSR count). The van der Waals surface area contributed by atoms with Crippen LogP contribution in [0.5, 0.6) is 5.75 Å². The molecule has 19 N–H and O–H groups in total. The van der Waals surface area contributed by atoms with Gasteiger partial charge in [-0.15, -0.1) is 0 Å². The Bertz CT molecular complexity index is 2680. The maximum atomic E-state index is 13.9. The number of nitrogens with one attached hydrogen (secondary N) is 5. The van der Waals surface area contributed by atoms with Crippen LogP contribution in [-0.4, -0.2) is 325 Å². The van der Waals surface area contributed by atoms with Gasteiger partial charge in [0, 0.05) is 33.3 Å². The van der Waals surface area contributed by atoms with Gasteiger partial charge in [-0.25, -0.2) is 0 Å². The fourth-order valence-corrected chi connectivity index (χ4v) is 12.0. The Morgan fingerprint density at radius 2 is 1.03 bits per heavy atom. The summed E-state index contributed by atoms with van der Waals surface area (Å²) < 4.78 is 72.1. The standard InChI is InChI=1S/C63H103N5O31/c1-8-9-10-11-12-13-14-15-16-20-88-35-19-17-18-34(21-35)57(86)68-42-48(80)47(79)37(23-70)93-60(42)97-55-39(25-72)95-62(44(50(55)82)66-32(6)76)99-56-40(26-73)96-61(45(51(56)83)67-33(7)77)98-54-38(24-71)94-59(43(49(54)81)65-31(5)75)90-28(2)41(92-58(87)36(22-69)64-30(4)74)27-89-63-53(85)52(84)46(78)29(3)91-63/h13-14,17-19,21,28-29,36-56,58-63,69-73,78-85,87H,8-12,15-16,20,22-27H2,1-7H3,(H,64,74)(H,65,75)(H,66,76)(H,67,77)(H,68,86)/b14-13-/t28?,29?,36-,37?,38-,39-,40?,41?,42-,43?,44?,45-,46?,47+,48+,49?,50?,51+,52-,53+,54+,55+,56?,58?,59?,60?,61-,62-,63+/m0/s1. The topological polar surface area (TPSA) is 539 Å². The lowest BCUT2D eigenvalue weighted by atomic mass is 9.93. The first-order valence-corrected chi connectivity index (χ1v) is 33.2. The Morgan fingerprint density at radius 3 is 1.52 bits per heavy atom. The first-order chi connectivity index (χ1) is 47.1. The zero-order chi connectivity index (χ0) is 72.9. The molecule has 29 atom stereocenters. The highest BCUT2D eigenvalue weighted by Gasteiger charge is 2.57. The van der Waals surface area contributed by atoms with Gasteiger partial charge in [0.2, 0.25) is 23.6 Å². The smallest absolute Gasteiger partial charge is 0.251 e. The molecular weight excluding hydrogens is 1320 g/mol. The van der Waals surface area contributed by atoms with E-state index in [4.69, 9.17) is 56.8 Å². The number of amides is 5. The predicted molar refractivity (Wildman–Crippen MR) is 335 cm³/mol. The van der Waals surface area contributed by atoms with E-state index >= 15 is 0 Å². The van der Waals surface area contributed by atoms with Crippen LogP contribution >= 0.6 is 0 Å². The maximum Gasteiger partial charge on any atom is 0.251 e. The van der Waals surface area contributed by atoms with E-state index in [0.717, 1.165) is 53.4 Å². The molecule has 5 fully saturated rings. The Balaban J connectivity index is 1.19. The lowest BCUT2D eigenvalue weighted by molar-refractivity contribution is -0.364. The third-order valence-corrected chi connectivity index (χ3v) is 17.3. The van der Waals surface area contributed by atoms with Gasteiger partial charge < -0.3 is 155 Å². The maximum absolute atomic E-state index is 13.9. The van der Waals surface area contributed by atoms with E-state index < -0.39 is 247 Å². The van der Waals surface area contributed by atoms with Gasteiger partial charge in [-0.3, -0.25) is 24.0 Å². The largest absolute Gasteiger partial charge is 0.494 e. The summed E-state index contributed by atoms with van der Waals surface area (Å²) in [5.74, 6) is -3.59. The zero-order valence-corrected chi connectivity index (χ0v) is 56.3. The highest BCUT2D eigenvalue weighted by molar-refractivity contribution is 5.94. The van der Waals surface area contributed by atoms with Crippen molar-refractivity contribution in [1.29, 1.82) is 0 Å². The van der Waals surface area contributed by atoms with E-state index in [1.807, 2.05) is 0 Å². The van der Waals surface area contributed by atoms with Crippen LogP contribution in [0.2, 0.25) is 0 Å². The molecule has 36 heteroatoms. The van der Waals surface area contributed by atoms with Crippen molar-refractivity contribution in [2.45, 2.75) is 271 Å².